The van der Waals surface area contributed by atoms with Crippen LogP contribution in [0.25, 0.3) is 0 Å². The molecule has 0 nitrogen and oxygen atoms in total. The van der Waals surface area contributed by atoms with E-state index in [0.29, 0.717) is 0 Å². The van der Waals surface area contributed by atoms with E-state index in [1.165, 1.54) is 0 Å². The van der Waals surface area contributed by atoms with Crippen LogP contribution in [0.4, 0.5) is 0 Å². The first-order chi connectivity index (χ1) is 0. The third-order valence-corrected chi connectivity index (χ3v) is 0. The Bertz CT molecular complexity index is 17.7. The van der Waals surface area contributed by atoms with Gasteiger partial charge in [0.25, 0.3) is 0 Å². The number of hydrogen-bond donors (Lipinski definition) is 0. The van der Waals surface area contributed by atoms with Gasteiger partial charge < -0.3 is 2.85 Å². The van der Waals surface area contributed by atoms with E-state index in [-0.39, 0.29) is 110 Å². The second kappa shape index (κ2) is 25.9. The molecule has 3 radical (unpaired) electrons. The van der Waals surface area contributed by atoms with Crippen molar-refractivity contribution in [3.8, 4) is 0 Å². The minimum atomic E-state index is 0. The van der Waals surface area contributed by atoms with Crippen molar-refractivity contribution in [2.75, 3.05) is 0 Å². The van der Waals surface area contributed by atoms with E-state index in [4.69, 9.17) is 0 Å². The normalized spacial score (nSPS) is 0. The van der Waals surface area contributed by atoms with Crippen molar-refractivity contribution >= 4 is 90.2 Å². The molecule has 0 heterocycles. The van der Waals surface area contributed by atoms with Crippen molar-refractivity contribution in [2.45, 2.75) is 0 Å². The zero-order valence-electron chi connectivity index (χ0n) is 3.79. The zero-order chi connectivity index (χ0) is 0. The molecular weight excluding hydrogens is 340 g/mol. The van der Waals surface area contributed by atoms with Gasteiger partial charge in [0.05, 0.1) is 0 Å². The van der Waals surface area contributed by atoms with Crippen LogP contribution in [0, 0.1) is 0 Å². The predicted octanol–water partition coefficient (Wildman–Crippen LogP) is -3.44. The fourth-order valence-electron chi connectivity index (χ4n) is 0. The van der Waals surface area contributed by atoms with Crippen molar-refractivity contribution in [1.29, 1.82) is 0 Å². The molecule has 5 heavy (non-hydrogen) atoms. The van der Waals surface area contributed by atoms with E-state index in [9.17, 15) is 0 Å². The Morgan fingerprint density at radius 1 is 1.20 bits per heavy atom. The van der Waals surface area contributed by atoms with Crippen LogP contribution in [0.1, 0.15) is 2.85 Å². The summed E-state index contributed by atoms with van der Waals surface area (Å²) in [5, 5.41) is 0. The van der Waals surface area contributed by atoms with Gasteiger partial charge in [-0.05, 0) is 0 Å². The molecule has 0 saturated heterocycles. The maximum atomic E-state index is 0. The van der Waals surface area contributed by atoms with Crippen LogP contribution in [0.3, 0.4) is 0 Å². The molecule has 0 spiro atoms. The monoisotopic (exact) mass is 351 g/mol. The van der Waals surface area contributed by atoms with Gasteiger partial charge in [0, 0.05) is 17.1 Å². The standard InChI is InChI=1S/Al.In.Mg.Mn.Sn.10H/q;;+2;;;;;;;;;;;2*-1. The Kier molecular flexibility index (Phi) is 203. The van der Waals surface area contributed by atoms with E-state index in [1.807, 2.05) is 0 Å². The van der Waals surface area contributed by atoms with Crippen molar-refractivity contribution < 1.29 is 19.9 Å². The molecule has 0 fully saturated rings. The molecule has 0 bridgehead atoms. The van der Waals surface area contributed by atoms with Gasteiger partial charge in [-0.25, -0.2) is 0 Å². The van der Waals surface area contributed by atoms with Gasteiger partial charge in [0.1, 0.15) is 0 Å². The fourth-order valence-corrected chi connectivity index (χ4v) is 0. The summed E-state index contributed by atoms with van der Waals surface area (Å²) in [6.45, 7) is 0. The number of hydrogen-bond acceptors (Lipinski definition) is 0. The summed E-state index contributed by atoms with van der Waals surface area (Å²) in [7, 11) is 0. The Morgan fingerprint density at radius 2 is 1.20 bits per heavy atom. The third-order valence-electron chi connectivity index (χ3n) is 0. The quantitative estimate of drug-likeness (QED) is 0.399. The molecule has 0 aliphatic rings. The molecule has 0 atom stereocenters. The summed E-state index contributed by atoms with van der Waals surface area (Å²) in [4.78, 5) is 0. The Hall–Kier alpha value is 3.49. The average Bonchev–Trinajstić information content (AvgIpc) is 0. The van der Waals surface area contributed by atoms with Gasteiger partial charge in [0.2, 0.25) is 0 Å². The summed E-state index contributed by atoms with van der Waals surface area (Å²) in [6, 6.07) is 0. The Morgan fingerprint density at radius 3 is 1.20 bits per heavy atom. The van der Waals surface area contributed by atoms with Crippen LogP contribution in [0.5, 0.6) is 0 Å². The van der Waals surface area contributed by atoms with Crippen LogP contribution in [0.2, 0.25) is 0 Å². The van der Waals surface area contributed by atoms with Gasteiger partial charge in [-0.2, -0.15) is 0 Å². The van der Waals surface area contributed by atoms with Crippen molar-refractivity contribution in [3.05, 3.63) is 0 Å². The molecule has 0 aromatic heterocycles. The molecule has 0 aromatic carbocycles. The van der Waals surface area contributed by atoms with Crippen molar-refractivity contribution in [3.63, 3.8) is 0 Å². The van der Waals surface area contributed by atoms with Crippen molar-refractivity contribution in [1.82, 2.24) is 0 Å². The van der Waals surface area contributed by atoms with E-state index in [0.717, 1.165) is 0 Å². The van der Waals surface area contributed by atoms with Crippen LogP contribution in [-0.2, 0) is 17.1 Å². The van der Waals surface area contributed by atoms with E-state index >= 15 is 0 Å². The third kappa shape index (κ3) is 18.5. The Balaban J connectivity index is 0. The van der Waals surface area contributed by atoms with E-state index in [1.54, 1.807) is 0 Å². The number of rotatable bonds is 0. The second-order valence-corrected chi connectivity index (χ2v) is 0. The molecule has 29 valence electrons. The molecule has 0 saturated carbocycles. The van der Waals surface area contributed by atoms with Crippen molar-refractivity contribution in [2.24, 2.45) is 0 Å². The molecule has 0 aliphatic heterocycles. The fraction of sp³-hybridized carbons (Fsp3) is 0. The summed E-state index contributed by atoms with van der Waals surface area (Å²) in [5.41, 5.74) is 0. The molecule has 0 aliphatic carbocycles. The predicted molar refractivity (Wildman–Crippen MR) is 36.4 cm³/mol. The van der Waals surface area contributed by atoms with Crippen LogP contribution in [0.15, 0.2) is 0 Å². The maximum absolute atomic E-state index is 0. The average molecular weight is 350 g/mol. The molecule has 0 amide bonds. The molecular formula is H10AlInMgMnSn. The van der Waals surface area contributed by atoms with Gasteiger partial charge in [-0.3, -0.25) is 0 Å². The topological polar surface area (TPSA) is 0 Å². The molecule has 0 N–H and O–H groups in total. The summed E-state index contributed by atoms with van der Waals surface area (Å²) in [6.07, 6.45) is 0. The molecule has 0 aromatic rings. The first-order valence-corrected chi connectivity index (χ1v) is 0. The van der Waals surface area contributed by atoms with Gasteiger partial charge in [0.15, 0.2) is 17.4 Å². The SMILES string of the molecule is [AlH3].[H-].[H-].[InH3].[Mg+2].[Mn].[SnH2]. The van der Waals surface area contributed by atoms with E-state index in [2.05, 4.69) is 0 Å². The van der Waals surface area contributed by atoms with Gasteiger partial charge in [-0.1, -0.05) is 0 Å². The molecule has 0 rings (SSSR count). The zero-order valence-corrected chi connectivity index (χ0v) is 8.42. The second-order valence-electron chi connectivity index (χ2n) is 0. The molecule has 5 heteroatoms. The molecule has 0 unspecified atom stereocenters. The summed E-state index contributed by atoms with van der Waals surface area (Å²) < 4.78 is 0. The summed E-state index contributed by atoms with van der Waals surface area (Å²) in [5.74, 6) is 0. The van der Waals surface area contributed by atoms with Gasteiger partial charge in [-0.15, -0.1) is 0 Å². The Labute approximate surface area is 108 Å². The summed E-state index contributed by atoms with van der Waals surface area (Å²) >= 11 is 0. The van der Waals surface area contributed by atoms with Crippen LogP contribution in [-0.4, -0.2) is 90.2 Å². The first-order valence-electron chi connectivity index (χ1n) is 0. The first kappa shape index (κ1) is 39.1. The van der Waals surface area contributed by atoms with Gasteiger partial charge >= 0.3 is 72.8 Å². The minimum absolute atomic E-state index is 0. The van der Waals surface area contributed by atoms with E-state index < -0.39 is 0 Å². The van der Waals surface area contributed by atoms with Crippen LogP contribution < -0.4 is 0 Å². The van der Waals surface area contributed by atoms with Crippen LogP contribution >= 0.6 is 0 Å².